The van der Waals surface area contributed by atoms with Gasteiger partial charge < -0.3 is 28.4 Å². The SMILES string of the molecule is CC1(C)OC[C@]2(OC[C@H]3O[C@@H](/C=C/c4ccccc4)O[C@H]3[C@@H]2OCc2ccc(-c3ccccc3)cc2)O1. The predicted octanol–water partition coefficient (Wildman–Crippen LogP) is 5.57. The molecule has 192 valence electrons. The molecule has 3 saturated heterocycles. The Morgan fingerprint density at radius 2 is 1.54 bits per heavy atom. The third-order valence-electron chi connectivity index (χ3n) is 6.97. The third kappa shape index (κ3) is 5.27. The van der Waals surface area contributed by atoms with Gasteiger partial charge in [0.25, 0.3) is 0 Å². The molecule has 3 aromatic rings. The number of hydrogen-bond acceptors (Lipinski definition) is 6. The van der Waals surface area contributed by atoms with Gasteiger partial charge >= 0.3 is 0 Å². The topological polar surface area (TPSA) is 55.4 Å². The fourth-order valence-corrected chi connectivity index (χ4v) is 5.12. The van der Waals surface area contributed by atoms with E-state index in [0.29, 0.717) is 13.2 Å². The van der Waals surface area contributed by atoms with Crippen LogP contribution in [-0.4, -0.2) is 49.4 Å². The lowest BCUT2D eigenvalue weighted by Crippen LogP contribution is -2.62. The average Bonchev–Trinajstić information content (AvgIpc) is 3.48. The lowest BCUT2D eigenvalue weighted by atomic mass is 9.97. The molecule has 6 nitrogen and oxygen atoms in total. The van der Waals surface area contributed by atoms with Crippen molar-refractivity contribution in [2.24, 2.45) is 0 Å². The lowest BCUT2D eigenvalue weighted by molar-refractivity contribution is -0.335. The summed E-state index contributed by atoms with van der Waals surface area (Å²) in [6.07, 6.45) is 2.27. The van der Waals surface area contributed by atoms with Gasteiger partial charge in [-0.1, -0.05) is 91.0 Å². The average molecular weight is 501 g/mol. The van der Waals surface area contributed by atoms with Gasteiger partial charge in [-0.2, -0.15) is 0 Å². The van der Waals surface area contributed by atoms with Crippen LogP contribution in [0.1, 0.15) is 25.0 Å². The Balaban J connectivity index is 1.19. The number of ether oxygens (including phenoxy) is 6. The fourth-order valence-electron chi connectivity index (χ4n) is 5.12. The normalized spacial score (nSPS) is 30.6. The van der Waals surface area contributed by atoms with Gasteiger partial charge in [0, 0.05) is 0 Å². The molecule has 3 heterocycles. The number of rotatable bonds is 6. The molecule has 0 bridgehead atoms. The second kappa shape index (κ2) is 10.1. The molecule has 6 rings (SSSR count). The Morgan fingerprint density at radius 3 is 2.24 bits per heavy atom. The van der Waals surface area contributed by atoms with Crippen LogP contribution in [0.5, 0.6) is 0 Å². The van der Waals surface area contributed by atoms with E-state index < -0.39 is 24.0 Å². The van der Waals surface area contributed by atoms with E-state index in [4.69, 9.17) is 28.4 Å². The molecule has 0 amide bonds. The highest BCUT2D eigenvalue weighted by Crippen LogP contribution is 2.44. The zero-order chi connectivity index (χ0) is 25.3. The fraction of sp³-hybridized carbons (Fsp3) is 0.355. The molecule has 0 saturated carbocycles. The van der Waals surface area contributed by atoms with Gasteiger partial charge in [-0.3, -0.25) is 0 Å². The molecule has 0 unspecified atom stereocenters. The predicted molar refractivity (Wildman–Crippen MR) is 139 cm³/mol. The van der Waals surface area contributed by atoms with Crippen LogP contribution in [0.2, 0.25) is 0 Å². The summed E-state index contributed by atoms with van der Waals surface area (Å²) in [4.78, 5) is 0. The Kier molecular flexibility index (Phi) is 6.71. The van der Waals surface area contributed by atoms with Crippen molar-refractivity contribution in [2.75, 3.05) is 13.2 Å². The Labute approximate surface area is 217 Å². The van der Waals surface area contributed by atoms with Crippen molar-refractivity contribution in [1.82, 2.24) is 0 Å². The van der Waals surface area contributed by atoms with E-state index in [2.05, 4.69) is 36.4 Å². The number of hydrogen-bond donors (Lipinski definition) is 0. The second-order valence-electron chi connectivity index (χ2n) is 10.1. The van der Waals surface area contributed by atoms with E-state index in [1.165, 1.54) is 5.56 Å². The van der Waals surface area contributed by atoms with Crippen LogP contribution in [0, 0.1) is 0 Å². The van der Waals surface area contributed by atoms with Crippen molar-refractivity contribution in [1.29, 1.82) is 0 Å². The summed E-state index contributed by atoms with van der Waals surface area (Å²) in [5, 5.41) is 0. The van der Waals surface area contributed by atoms with Crippen LogP contribution in [-0.2, 0) is 35.0 Å². The van der Waals surface area contributed by atoms with Crippen molar-refractivity contribution in [3.8, 4) is 11.1 Å². The summed E-state index contributed by atoms with van der Waals surface area (Å²) in [7, 11) is 0. The van der Waals surface area contributed by atoms with Gasteiger partial charge in [0.1, 0.15) is 24.9 Å². The van der Waals surface area contributed by atoms with E-state index in [-0.39, 0.29) is 18.8 Å². The van der Waals surface area contributed by atoms with Crippen molar-refractivity contribution in [2.45, 2.75) is 56.6 Å². The van der Waals surface area contributed by atoms with Crippen LogP contribution >= 0.6 is 0 Å². The molecule has 5 atom stereocenters. The molecule has 3 aliphatic heterocycles. The Hall–Kier alpha value is -2.84. The smallest absolute Gasteiger partial charge is 0.224 e. The molecular formula is C31H32O6. The molecule has 0 N–H and O–H groups in total. The van der Waals surface area contributed by atoms with Gasteiger partial charge in [0.2, 0.25) is 5.79 Å². The molecule has 3 aromatic carbocycles. The van der Waals surface area contributed by atoms with Gasteiger partial charge in [0.15, 0.2) is 12.1 Å². The van der Waals surface area contributed by atoms with Crippen molar-refractivity contribution in [3.63, 3.8) is 0 Å². The highest BCUT2D eigenvalue weighted by atomic mass is 16.9. The third-order valence-corrected chi connectivity index (χ3v) is 6.97. The summed E-state index contributed by atoms with van der Waals surface area (Å²) in [5.41, 5.74) is 4.48. The van der Waals surface area contributed by atoms with Crippen LogP contribution in [0.25, 0.3) is 17.2 Å². The second-order valence-corrected chi connectivity index (χ2v) is 10.1. The van der Waals surface area contributed by atoms with Crippen molar-refractivity contribution >= 4 is 6.08 Å². The maximum Gasteiger partial charge on any atom is 0.224 e. The molecule has 1 spiro atoms. The molecule has 0 aromatic heterocycles. The highest BCUT2D eigenvalue weighted by Gasteiger charge is 2.62. The molecule has 3 aliphatic rings. The van der Waals surface area contributed by atoms with Crippen molar-refractivity contribution in [3.05, 3.63) is 102 Å². The van der Waals surface area contributed by atoms with Crippen LogP contribution in [0.3, 0.4) is 0 Å². The quantitative estimate of drug-likeness (QED) is 0.441. The zero-order valence-corrected chi connectivity index (χ0v) is 21.1. The summed E-state index contributed by atoms with van der Waals surface area (Å²) < 4.78 is 37.6. The monoisotopic (exact) mass is 500 g/mol. The summed E-state index contributed by atoms with van der Waals surface area (Å²) in [6, 6.07) is 28.8. The maximum absolute atomic E-state index is 6.51. The molecule has 0 radical (unpaired) electrons. The lowest BCUT2D eigenvalue weighted by Gasteiger charge is -2.43. The Morgan fingerprint density at radius 1 is 0.838 bits per heavy atom. The van der Waals surface area contributed by atoms with E-state index in [9.17, 15) is 0 Å². The highest BCUT2D eigenvalue weighted by molar-refractivity contribution is 5.63. The van der Waals surface area contributed by atoms with Gasteiger partial charge in [-0.05, 0) is 42.2 Å². The van der Waals surface area contributed by atoms with Crippen LogP contribution < -0.4 is 0 Å². The van der Waals surface area contributed by atoms with E-state index >= 15 is 0 Å². The maximum atomic E-state index is 6.51. The van der Waals surface area contributed by atoms with E-state index in [1.54, 1.807) is 0 Å². The van der Waals surface area contributed by atoms with Gasteiger partial charge in [-0.15, -0.1) is 0 Å². The van der Waals surface area contributed by atoms with E-state index in [0.717, 1.165) is 16.7 Å². The molecule has 0 aliphatic carbocycles. The zero-order valence-electron chi connectivity index (χ0n) is 21.1. The summed E-state index contributed by atoms with van der Waals surface area (Å²) >= 11 is 0. The first-order valence-electron chi connectivity index (χ1n) is 12.8. The van der Waals surface area contributed by atoms with Gasteiger partial charge in [-0.25, -0.2) is 0 Å². The molecule has 6 heteroatoms. The minimum Gasteiger partial charge on any atom is -0.365 e. The molecular weight excluding hydrogens is 468 g/mol. The summed E-state index contributed by atoms with van der Waals surface area (Å²) in [5.74, 6) is -1.84. The first kappa shape index (κ1) is 24.5. The van der Waals surface area contributed by atoms with Gasteiger partial charge in [0.05, 0.1) is 13.2 Å². The number of fused-ring (bicyclic) bond motifs is 1. The first-order valence-corrected chi connectivity index (χ1v) is 12.8. The van der Waals surface area contributed by atoms with E-state index in [1.807, 2.05) is 74.5 Å². The Bertz CT molecular complexity index is 1210. The van der Waals surface area contributed by atoms with Crippen molar-refractivity contribution < 1.29 is 28.4 Å². The first-order chi connectivity index (χ1) is 18.0. The molecule has 37 heavy (non-hydrogen) atoms. The standard InChI is InChI=1S/C31H32O6/c1-30(2)34-21-31(37-30)29(32-19-23-13-16-25(17-14-23)24-11-7-4-8-12-24)28-26(20-33-31)35-27(36-28)18-15-22-9-5-3-6-10-22/h3-18,26-29H,19-21H2,1-2H3/b18-15+/t26-,27-,28-,29+,31+/m1/s1. The molecule has 3 fully saturated rings. The van der Waals surface area contributed by atoms with Crippen LogP contribution in [0.15, 0.2) is 91.0 Å². The largest absolute Gasteiger partial charge is 0.365 e. The minimum absolute atomic E-state index is 0.259. The van der Waals surface area contributed by atoms with Crippen LogP contribution in [0.4, 0.5) is 0 Å². The number of benzene rings is 3. The summed E-state index contributed by atoms with van der Waals surface area (Å²) in [6.45, 7) is 4.74. The minimum atomic E-state index is -1.06.